The number of rotatable bonds is 3. The number of carbonyl (C=O) groups excluding carboxylic acids is 1. The molecule has 0 radical (unpaired) electrons. The summed E-state index contributed by atoms with van der Waals surface area (Å²) in [5, 5.41) is 5.57. The third-order valence-electron chi connectivity index (χ3n) is 2.74. The van der Waals surface area contributed by atoms with E-state index in [1.54, 1.807) is 12.3 Å². The molecular formula is C11H16N4O. The number of urea groups is 1. The van der Waals surface area contributed by atoms with Crippen molar-refractivity contribution in [1.29, 1.82) is 0 Å². The molecule has 0 saturated heterocycles. The Morgan fingerprint density at radius 3 is 2.81 bits per heavy atom. The van der Waals surface area contributed by atoms with Crippen molar-refractivity contribution >= 4 is 11.8 Å². The normalized spacial score (nSPS) is 15.3. The lowest BCUT2D eigenvalue weighted by atomic mass is 9.93. The molecule has 1 aliphatic carbocycles. The highest BCUT2D eigenvalue weighted by Gasteiger charge is 2.19. The number of carbonyl (C=O) groups is 1. The van der Waals surface area contributed by atoms with Crippen molar-refractivity contribution in [2.24, 2.45) is 5.73 Å². The second kappa shape index (κ2) is 4.94. The average molecular weight is 220 g/mol. The second-order valence-electron chi connectivity index (χ2n) is 3.98. The summed E-state index contributed by atoms with van der Waals surface area (Å²) in [5.74, 6) is 0.550. The molecule has 1 fully saturated rings. The van der Waals surface area contributed by atoms with Crippen molar-refractivity contribution in [3.8, 4) is 0 Å². The van der Waals surface area contributed by atoms with Gasteiger partial charge >= 0.3 is 6.03 Å². The van der Waals surface area contributed by atoms with Crippen LogP contribution in [-0.4, -0.2) is 17.1 Å². The van der Waals surface area contributed by atoms with E-state index in [9.17, 15) is 4.79 Å². The summed E-state index contributed by atoms with van der Waals surface area (Å²) in [7, 11) is 0. The number of aromatic nitrogens is 1. The number of anilines is 1. The SMILES string of the molecule is NCc1ccc(NC(=O)NC2CCC2)nc1. The third-order valence-corrected chi connectivity index (χ3v) is 2.74. The summed E-state index contributed by atoms with van der Waals surface area (Å²) in [5.41, 5.74) is 6.40. The molecule has 0 aromatic carbocycles. The molecule has 2 amide bonds. The number of nitrogens with one attached hydrogen (secondary N) is 2. The minimum Gasteiger partial charge on any atom is -0.335 e. The standard InChI is InChI=1S/C11H16N4O/c12-6-8-4-5-10(13-7-8)15-11(16)14-9-2-1-3-9/h4-5,7,9H,1-3,6,12H2,(H2,13,14,15,16). The summed E-state index contributed by atoms with van der Waals surface area (Å²) >= 11 is 0. The van der Waals surface area contributed by atoms with Crippen molar-refractivity contribution in [3.05, 3.63) is 23.9 Å². The predicted molar refractivity (Wildman–Crippen MR) is 61.9 cm³/mol. The van der Waals surface area contributed by atoms with Crippen LogP contribution in [0.3, 0.4) is 0 Å². The van der Waals surface area contributed by atoms with Gasteiger partial charge in [0.1, 0.15) is 5.82 Å². The Morgan fingerprint density at radius 1 is 1.50 bits per heavy atom. The Kier molecular flexibility index (Phi) is 3.36. The van der Waals surface area contributed by atoms with Gasteiger partial charge in [0.25, 0.3) is 0 Å². The van der Waals surface area contributed by atoms with Gasteiger partial charge in [0.15, 0.2) is 0 Å². The Labute approximate surface area is 94.4 Å². The van der Waals surface area contributed by atoms with E-state index >= 15 is 0 Å². The molecule has 0 spiro atoms. The van der Waals surface area contributed by atoms with Gasteiger partial charge in [0, 0.05) is 18.8 Å². The minimum absolute atomic E-state index is 0.183. The number of hydrogen-bond acceptors (Lipinski definition) is 3. The minimum atomic E-state index is -0.183. The van der Waals surface area contributed by atoms with Crippen molar-refractivity contribution < 1.29 is 4.79 Å². The topological polar surface area (TPSA) is 80.0 Å². The zero-order valence-corrected chi connectivity index (χ0v) is 9.07. The molecule has 0 aliphatic heterocycles. The zero-order valence-electron chi connectivity index (χ0n) is 9.07. The lowest BCUT2D eigenvalue weighted by Crippen LogP contribution is -2.41. The molecule has 5 heteroatoms. The molecule has 1 aliphatic rings. The summed E-state index contributed by atoms with van der Waals surface area (Å²) in [6.07, 6.45) is 5.02. The van der Waals surface area contributed by atoms with Gasteiger partial charge in [0.05, 0.1) is 0 Å². The largest absolute Gasteiger partial charge is 0.335 e. The highest BCUT2D eigenvalue weighted by atomic mass is 16.2. The number of amides is 2. The van der Waals surface area contributed by atoms with Gasteiger partial charge in [0.2, 0.25) is 0 Å². The monoisotopic (exact) mass is 220 g/mol. The van der Waals surface area contributed by atoms with Gasteiger partial charge in [-0.2, -0.15) is 0 Å². The van der Waals surface area contributed by atoms with Crippen LogP contribution in [0.5, 0.6) is 0 Å². The van der Waals surface area contributed by atoms with E-state index in [4.69, 9.17) is 5.73 Å². The fourth-order valence-corrected chi connectivity index (χ4v) is 1.51. The molecule has 1 aromatic heterocycles. The maximum atomic E-state index is 11.5. The molecule has 16 heavy (non-hydrogen) atoms. The fourth-order valence-electron chi connectivity index (χ4n) is 1.51. The Bertz CT molecular complexity index is 359. The van der Waals surface area contributed by atoms with E-state index in [1.165, 1.54) is 6.42 Å². The molecule has 1 heterocycles. The van der Waals surface area contributed by atoms with E-state index in [-0.39, 0.29) is 6.03 Å². The molecule has 4 N–H and O–H groups in total. The quantitative estimate of drug-likeness (QED) is 0.716. The van der Waals surface area contributed by atoms with E-state index in [0.717, 1.165) is 18.4 Å². The van der Waals surface area contributed by atoms with E-state index in [0.29, 0.717) is 18.4 Å². The Balaban J connectivity index is 1.84. The van der Waals surface area contributed by atoms with Crippen LogP contribution < -0.4 is 16.4 Å². The van der Waals surface area contributed by atoms with Crippen LogP contribution >= 0.6 is 0 Å². The molecule has 1 aromatic rings. The van der Waals surface area contributed by atoms with Crippen LogP contribution in [0.2, 0.25) is 0 Å². The van der Waals surface area contributed by atoms with E-state index < -0.39 is 0 Å². The van der Waals surface area contributed by atoms with Crippen LogP contribution in [0.4, 0.5) is 10.6 Å². The van der Waals surface area contributed by atoms with Gasteiger partial charge in [-0.1, -0.05) is 6.07 Å². The molecular weight excluding hydrogens is 204 g/mol. The van der Waals surface area contributed by atoms with Crippen LogP contribution in [0.1, 0.15) is 24.8 Å². The third kappa shape index (κ3) is 2.70. The van der Waals surface area contributed by atoms with Gasteiger partial charge in [-0.3, -0.25) is 5.32 Å². The Hall–Kier alpha value is -1.62. The van der Waals surface area contributed by atoms with E-state index in [1.807, 2.05) is 6.07 Å². The van der Waals surface area contributed by atoms with Crippen molar-refractivity contribution in [1.82, 2.24) is 10.3 Å². The first kappa shape index (κ1) is 10.9. The maximum Gasteiger partial charge on any atom is 0.320 e. The first-order valence-electron chi connectivity index (χ1n) is 5.50. The lowest BCUT2D eigenvalue weighted by molar-refractivity contribution is 0.240. The summed E-state index contributed by atoms with van der Waals surface area (Å²) in [6, 6.07) is 3.76. The first-order valence-corrected chi connectivity index (χ1v) is 5.50. The van der Waals surface area contributed by atoms with Crippen LogP contribution in [0, 0.1) is 0 Å². The van der Waals surface area contributed by atoms with Gasteiger partial charge in [-0.05, 0) is 30.9 Å². The zero-order chi connectivity index (χ0) is 11.4. The van der Waals surface area contributed by atoms with Crippen LogP contribution in [0.15, 0.2) is 18.3 Å². The van der Waals surface area contributed by atoms with E-state index in [2.05, 4.69) is 15.6 Å². The summed E-state index contributed by atoms with van der Waals surface area (Å²) < 4.78 is 0. The predicted octanol–water partition coefficient (Wildman–Crippen LogP) is 1.21. The highest BCUT2D eigenvalue weighted by Crippen LogP contribution is 2.18. The number of pyridine rings is 1. The van der Waals surface area contributed by atoms with Crippen molar-refractivity contribution in [3.63, 3.8) is 0 Å². The molecule has 5 nitrogen and oxygen atoms in total. The second-order valence-corrected chi connectivity index (χ2v) is 3.98. The van der Waals surface area contributed by atoms with Gasteiger partial charge in [-0.15, -0.1) is 0 Å². The van der Waals surface area contributed by atoms with Gasteiger partial charge < -0.3 is 11.1 Å². The molecule has 86 valence electrons. The number of nitrogens with zero attached hydrogens (tertiary/aromatic N) is 1. The molecule has 0 atom stereocenters. The summed E-state index contributed by atoms with van der Waals surface area (Å²) in [6.45, 7) is 0.460. The van der Waals surface area contributed by atoms with Crippen LogP contribution in [0.25, 0.3) is 0 Å². The van der Waals surface area contributed by atoms with Crippen LogP contribution in [-0.2, 0) is 6.54 Å². The fraction of sp³-hybridized carbons (Fsp3) is 0.455. The maximum absolute atomic E-state index is 11.5. The molecule has 0 bridgehead atoms. The highest BCUT2D eigenvalue weighted by molar-refractivity contribution is 5.88. The summed E-state index contributed by atoms with van der Waals surface area (Å²) in [4.78, 5) is 15.6. The van der Waals surface area contributed by atoms with Gasteiger partial charge in [-0.25, -0.2) is 9.78 Å². The average Bonchev–Trinajstić information content (AvgIpc) is 2.25. The smallest absolute Gasteiger partial charge is 0.320 e. The number of hydrogen-bond donors (Lipinski definition) is 3. The van der Waals surface area contributed by atoms with Crippen molar-refractivity contribution in [2.75, 3.05) is 5.32 Å². The first-order chi connectivity index (χ1) is 7.78. The molecule has 2 rings (SSSR count). The molecule has 1 saturated carbocycles. The Morgan fingerprint density at radius 2 is 2.31 bits per heavy atom. The molecule has 0 unspecified atom stereocenters. The lowest BCUT2D eigenvalue weighted by Gasteiger charge is -2.26. The number of nitrogens with two attached hydrogens (primary N) is 1. The van der Waals surface area contributed by atoms with Crippen molar-refractivity contribution in [2.45, 2.75) is 31.8 Å².